The van der Waals surface area contributed by atoms with Crippen molar-refractivity contribution in [2.45, 2.75) is 26.4 Å². The third-order valence-corrected chi connectivity index (χ3v) is 4.85. The second kappa shape index (κ2) is 7.79. The molecule has 0 spiro atoms. The molecule has 1 amide bonds. The number of anilines is 1. The molecular formula is C21H26N2O3. The van der Waals surface area contributed by atoms with E-state index in [1.54, 1.807) is 14.2 Å². The molecule has 138 valence electrons. The number of piperazine rings is 1. The summed E-state index contributed by atoms with van der Waals surface area (Å²) >= 11 is 0. The zero-order valence-electron chi connectivity index (χ0n) is 15.9. The molecule has 1 unspecified atom stereocenters. The number of nitrogens with zero attached hydrogens (tertiary/aromatic N) is 2. The van der Waals surface area contributed by atoms with Crippen molar-refractivity contribution in [1.82, 2.24) is 4.90 Å². The predicted octanol–water partition coefficient (Wildman–Crippen LogP) is 3.25. The Morgan fingerprint density at radius 3 is 2.23 bits per heavy atom. The van der Waals surface area contributed by atoms with Crippen molar-refractivity contribution >= 4 is 11.6 Å². The first-order chi connectivity index (χ1) is 12.5. The van der Waals surface area contributed by atoms with E-state index in [9.17, 15) is 4.79 Å². The van der Waals surface area contributed by atoms with Crippen LogP contribution in [0, 0.1) is 6.92 Å². The van der Waals surface area contributed by atoms with E-state index in [0.717, 1.165) is 22.7 Å². The maximum Gasteiger partial charge on any atom is 0.241 e. The number of hydrogen-bond donors (Lipinski definition) is 0. The van der Waals surface area contributed by atoms with Crippen LogP contribution in [0.15, 0.2) is 42.5 Å². The van der Waals surface area contributed by atoms with E-state index in [1.807, 2.05) is 47.4 Å². The van der Waals surface area contributed by atoms with Gasteiger partial charge in [0.2, 0.25) is 5.91 Å². The fraction of sp³-hybridized carbons (Fsp3) is 0.381. The second-order valence-corrected chi connectivity index (χ2v) is 6.81. The minimum absolute atomic E-state index is 0.127. The third-order valence-electron chi connectivity index (χ3n) is 4.85. The Bertz CT molecular complexity index is 751. The molecule has 2 aromatic carbocycles. The Balaban J connectivity index is 1.74. The second-order valence-electron chi connectivity index (χ2n) is 6.81. The molecule has 2 aromatic rings. The van der Waals surface area contributed by atoms with Crippen molar-refractivity contribution in [2.24, 2.45) is 0 Å². The number of carbonyl (C=O) groups is 1. The summed E-state index contributed by atoms with van der Waals surface area (Å²) in [6.45, 7) is 5.97. The minimum Gasteiger partial charge on any atom is -0.497 e. The zero-order chi connectivity index (χ0) is 18.7. The number of methoxy groups -OCH3 is 2. The van der Waals surface area contributed by atoms with E-state index < -0.39 is 0 Å². The first-order valence-corrected chi connectivity index (χ1v) is 8.83. The molecule has 1 saturated heterocycles. The summed E-state index contributed by atoms with van der Waals surface area (Å²) in [6.07, 6.45) is 0. The van der Waals surface area contributed by atoms with E-state index >= 15 is 0 Å². The van der Waals surface area contributed by atoms with Crippen LogP contribution in [0.5, 0.6) is 11.5 Å². The fourth-order valence-electron chi connectivity index (χ4n) is 3.27. The SMILES string of the molecule is COc1cc(CN2CC(=O)N(c3ccc(C)cc3)CC2C)cc(OC)c1. The van der Waals surface area contributed by atoms with Crippen molar-refractivity contribution in [1.29, 1.82) is 0 Å². The van der Waals surface area contributed by atoms with Gasteiger partial charge in [0, 0.05) is 30.9 Å². The number of rotatable bonds is 5. The highest BCUT2D eigenvalue weighted by Crippen LogP contribution is 2.26. The highest BCUT2D eigenvalue weighted by Gasteiger charge is 2.30. The number of carbonyl (C=O) groups excluding carboxylic acids is 1. The van der Waals surface area contributed by atoms with E-state index in [4.69, 9.17) is 9.47 Å². The molecule has 1 fully saturated rings. The van der Waals surface area contributed by atoms with E-state index in [-0.39, 0.29) is 11.9 Å². The standard InChI is InChI=1S/C21H26N2O3/c1-15-5-7-18(8-6-15)23-12-16(2)22(14-21(23)24)13-17-9-19(25-3)11-20(10-17)26-4/h5-11,16H,12-14H2,1-4H3. The lowest BCUT2D eigenvalue weighted by atomic mass is 10.1. The lowest BCUT2D eigenvalue weighted by Gasteiger charge is -2.39. The molecule has 0 N–H and O–H groups in total. The molecule has 5 heteroatoms. The van der Waals surface area contributed by atoms with Crippen LogP contribution in [0.25, 0.3) is 0 Å². The smallest absolute Gasteiger partial charge is 0.241 e. The Labute approximate surface area is 155 Å². The summed E-state index contributed by atoms with van der Waals surface area (Å²) < 4.78 is 10.7. The molecule has 0 bridgehead atoms. The quantitative estimate of drug-likeness (QED) is 0.827. The van der Waals surface area contributed by atoms with E-state index in [1.165, 1.54) is 5.56 Å². The maximum absolute atomic E-state index is 12.7. The van der Waals surface area contributed by atoms with Crippen LogP contribution >= 0.6 is 0 Å². The molecule has 1 heterocycles. The average molecular weight is 354 g/mol. The predicted molar refractivity (Wildman–Crippen MR) is 103 cm³/mol. The van der Waals surface area contributed by atoms with Gasteiger partial charge in [0.05, 0.1) is 20.8 Å². The molecule has 0 aliphatic carbocycles. The van der Waals surface area contributed by atoms with Crippen LogP contribution in [0.3, 0.4) is 0 Å². The monoisotopic (exact) mass is 354 g/mol. The van der Waals surface area contributed by atoms with Crippen LogP contribution in [0.4, 0.5) is 5.69 Å². The Hall–Kier alpha value is -2.53. The molecule has 1 aliphatic rings. The number of aryl methyl sites for hydroxylation is 1. The third kappa shape index (κ3) is 3.99. The normalized spacial score (nSPS) is 18.1. The van der Waals surface area contributed by atoms with Gasteiger partial charge in [0.1, 0.15) is 11.5 Å². The Kier molecular flexibility index (Phi) is 5.47. The molecule has 5 nitrogen and oxygen atoms in total. The van der Waals surface area contributed by atoms with Crippen molar-refractivity contribution in [2.75, 3.05) is 32.2 Å². The number of amides is 1. The highest BCUT2D eigenvalue weighted by atomic mass is 16.5. The van der Waals surface area contributed by atoms with Crippen LogP contribution < -0.4 is 14.4 Å². The van der Waals surface area contributed by atoms with Gasteiger partial charge in [-0.3, -0.25) is 9.69 Å². The average Bonchev–Trinajstić information content (AvgIpc) is 2.65. The number of hydrogen-bond acceptors (Lipinski definition) is 4. The van der Waals surface area contributed by atoms with Gasteiger partial charge in [-0.25, -0.2) is 0 Å². The topological polar surface area (TPSA) is 42.0 Å². The molecular weight excluding hydrogens is 328 g/mol. The summed E-state index contributed by atoms with van der Waals surface area (Å²) in [5.74, 6) is 1.65. The zero-order valence-corrected chi connectivity index (χ0v) is 15.9. The van der Waals surface area contributed by atoms with Crippen molar-refractivity contribution in [3.63, 3.8) is 0 Å². The van der Waals surface area contributed by atoms with Gasteiger partial charge in [-0.05, 0) is 43.7 Å². The van der Waals surface area contributed by atoms with Gasteiger partial charge in [-0.1, -0.05) is 17.7 Å². The summed E-state index contributed by atoms with van der Waals surface area (Å²) in [7, 11) is 3.29. The van der Waals surface area contributed by atoms with Crippen LogP contribution in [0.2, 0.25) is 0 Å². The molecule has 0 radical (unpaired) electrons. The van der Waals surface area contributed by atoms with E-state index in [0.29, 0.717) is 19.6 Å². The summed E-state index contributed by atoms with van der Waals surface area (Å²) in [6, 6.07) is 14.2. The minimum atomic E-state index is 0.127. The molecule has 1 atom stereocenters. The summed E-state index contributed by atoms with van der Waals surface area (Å²) in [5.41, 5.74) is 3.24. The molecule has 0 saturated carbocycles. The molecule has 26 heavy (non-hydrogen) atoms. The fourth-order valence-corrected chi connectivity index (χ4v) is 3.27. The van der Waals surface area contributed by atoms with Gasteiger partial charge >= 0.3 is 0 Å². The summed E-state index contributed by atoms with van der Waals surface area (Å²) in [5, 5.41) is 0. The van der Waals surface area contributed by atoms with Crippen molar-refractivity contribution in [3.05, 3.63) is 53.6 Å². The van der Waals surface area contributed by atoms with Gasteiger partial charge in [-0.15, -0.1) is 0 Å². The maximum atomic E-state index is 12.7. The first kappa shape index (κ1) is 18.3. The van der Waals surface area contributed by atoms with Crippen LogP contribution in [0.1, 0.15) is 18.1 Å². The van der Waals surface area contributed by atoms with Crippen LogP contribution in [-0.4, -0.2) is 44.2 Å². The van der Waals surface area contributed by atoms with Gasteiger partial charge in [0.25, 0.3) is 0 Å². The van der Waals surface area contributed by atoms with E-state index in [2.05, 4.69) is 18.7 Å². The van der Waals surface area contributed by atoms with Crippen LogP contribution in [-0.2, 0) is 11.3 Å². The number of ether oxygens (including phenoxy) is 2. The first-order valence-electron chi connectivity index (χ1n) is 8.83. The summed E-state index contributed by atoms with van der Waals surface area (Å²) in [4.78, 5) is 16.8. The van der Waals surface area contributed by atoms with Gasteiger partial charge in [-0.2, -0.15) is 0 Å². The van der Waals surface area contributed by atoms with Gasteiger partial charge < -0.3 is 14.4 Å². The molecule has 1 aliphatic heterocycles. The van der Waals surface area contributed by atoms with Crippen molar-refractivity contribution in [3.8, 4) is 11.5 Å². The lowest BCUT2D eigenvalue weighted by molar-refractivity contribution is -0.122. The Morgan fingerprint density at radius 1 is 1.04 bits per heavy atom. The largest absolute Gasteiger partial charge is 0.497 e. The molecule has 3 rings (SSSR count). The lowest BCUT2D eigenvalue weighted by Crippen LogP contribution is -2.54. The van der Waals surface area contributed by atoms with Crippen molar-refractivity contribution < 1.29 is 14.3 Å². The highest BCUT2D eigenvalue weighted by molar-refractivity contribution is 5.95. The number of benzene rings is 2. The van der Waals surface area contributed by atoms with Gasteiger partial charge in [0.15, 0.2) is 0 Å². The Morgan fingerprint density at radius 2 is 1.65 bits per heavy atom. The molecule has 0 aromatic heterocycles.